The number of hydrogen-bond donors (Lipinski definition) is 5. The number of carboxylic acids is 3. The number of carboxylic acid groups (broad SMARTS) is 3. The van der Waals surface area contributed by atoms with E-state index in [1.165, 1.54) is 12.5 Å². The Labute approximate surface area is 265 Å². The predicted molar refractivity (Wildman–Crippen MR) is 168 cm³/mol. The second-order valence-electron chi connectivity index (χ2n) is 11.1. The molecule has 0 aliphatic rings. The summed E-state index contributed by atoms with van der Waals surface area (Å²) in [6.07, 6.45) is 16.3. The van der Waals surface area contributed by atoms with Gasteiger partial charge in [-0.25, -0.2) is 9.59 Å². The zero-order valence-electron chi connectivity index (χ0n) is 26.0. The van der Waals surface area contributed by atoms with E-state index in [0.717, 1.165) is 51.0 Å². The van der Waals surface area contributed by atoms with Crippen LogP contribution >= 0.6 is 0 Å². The Hall–Kier alpha value is -4.17. The maximum atomic E-state index is 13.2. The topological polar surface area (TPSA) is 188 Å². The first-order chi connectivity index (χ1) is 21.4. The van der Waals surface area contributed by atoms with E-state index in [9.17, 15) is 44.4 Å². The number of aliphatic carboxylic acids is 3. The molecular weight excluding hydrogens is 582 g/mol. The first-order valence-electron chi connectivity index (χ1n) is 15.5. The normalized spacial score (nSPS) is 13.7. The highest BCUT2D eigenvalue weighted by Gasteiger charge is 2.49. The highest BCUT2D eigenvalue weighted by atomic mass is 16.5. The Balaban J connectivity index is 2.82. The fourth-order valence-electron chi connectivity index (χ4n) is 4.78. The number of ether oxygens (including phenoxy) is 1. The van der Waals surface area contributed by atoms with E-state index in [4.69, 9.17) is 11.2 Å². The van der Waals surface area contributed by atoms with E-state index in [-0.39, 0.29) is 18.8 Å². The van der Waals surface area contributed by atoms with Crippen LogP contribution in [0.3, 0.4) is 0 Å². The highest BCUT2D eigenvalue weighted by Crippen LogP contribution is 2.26. The number of benzene rings is 1. The molecule has 248 valence electrons. The molecule has 1 aromatic rings. The molecule has 3 atom stereocenters. The average Bonchev–Trinajstić information content (AvgIpc) is 2.98. The Kier molecular flexibility index (Phi) is 18.6. The second kappa shape index (κ2) is 21.5. The van der Waals surface area contributed by atoms with Gasteiger partial charge in [0.15, 0.2) is 5.60 Å². The van der Waals surface area contributed by atoms with Crippen LogP contribution in [-0.2, 0) is 30.4 Å². The minimum atomic E-state index is -3.03. The van der Waals surface area contributed by atoms with E-state index in [1.54, 1.807) is 24.3 Å². The Morgan fingerprint density at radius 1 is 0.933 bits per heavy atom. The van der Waals surface area contributed by atoms with Crippen LogP contribution in [0.5, 0.6) is 5.75 Å². The summed E-state index contributed by atoms with van der Waals surface area (Å²) in [7, 11) is 0. The predicted octanol–water partition coefficient (Wildman–Crippen LogP) is 4.54. The van der Waals surface area contributed by atoms with Gasteiger partial charge in [0.25, 0.3) is 0 Å². The van der Waals surface area contributed by atoms with Crippen molar-refractivity contribution in [2.75, 3.05) is 6.61 Å². The number of allylic oxidation sites excluding steroid dienone is 1. The smallest absolute Gasteiger partial charge is 0.337 e. The number of rotatable bonds is 25. The fourth-order valence-corrected chi connectivity index (χ4v) is 4.78. The van der Waals surface area contributed by atoms with Crippen molar-refractivity contribution in [3.05, 3.63) is 42.0 Å². The van der Waals surface area contributed by atoms with Crippen molar-refractivity contribution >= 4 is 29.6 Å². The van der Waals surface area contributed by atoms with Gasteiger partial charge in [-0.3, -0.25) is 14.4 Å². The van der Waals surface area contributed by atoms with Crippen molar-refractivity contribution in [1.82, 2.24) is 5.32 Å². The van der Waals surface area contributed by atoms with E-state index in [1.807, 2.05) is 0 Å². The summed E-state index contributed by atoms with van der Waals surface area (Å²) in [5.41, 5.74) is -2.52. The third-order valence-electron chi connectivity index (χ3n) is 7.35. The van der Waals surface area contributed by atoms with Crippen LogP contribution in [0.25, 0.3) is 0 Å². The summed E-state index contributed by atoms with van der Waals surface area (Å²) in [6.45, 7) is 2.19. The van der Waals surface area contributed by atoms with Crippen molar-refractivity contribution in [2.45, 2.75) is 108 Å². The number of amides is 1. The molecule has 0 radical (unpaired) electrons. The van der Waals surface area contributed by atoms with Gasteiger partial charge >= 0.3 is 17.9 Å². The number of terminal acetylenes is 1. The zero-order valence-corrected chi connectivity index (χ0v) is 26.0. The highest BCUT2D eigenvalue weighted by molar-refractivity contribution is 5.94. The van der Waals surface area contributed by atoms with Gasteiger partial charge in [-0.15, -0.1) is 6.42 Å². The lowest BCUT2D eigenvalue weighted by Gasteiger charge is -2.29. The van der Waals surface area contributed by atoms with Crippen LogP contribution in [-0.4, -0.2) is 68.3 Å². The molecule has 0 aliphatic heterocycles. The van der Waals surface area contributed by atoms with Crippen molar-refractivity contribution < 1.29 is 49.1 Å². The summed E-state index contributed by atoms with van der Waals surface area (Å²) in [5, 5.41) is 41.8. The number of unbranched alkanes of at least 4 members (excludes halogenated alkanes) is 8. The third-order valence-corrected chi connectivity index (χ3v) is 7.35. The van der Waals surface area contributed by atoms with Crippen molar-refractivity contribution in [2.24, 2.45) is 5.92 Å². The van der Waals surface area contributed by atoms with E-state index in [2.05, 4.69) is 18.2 Å². The van der Waals surface area contributed by atoms with Gasteiger partial charge in [0.05, 0.1) is 12.3 Å². The minimum absolute atomic E-state index is 0.0468. The van der Waals surface area contributed by atoms with Crippen LogP contribution < -0.4 is 10.1 Å². The quantitative estimate of drug-likeness (QED) is 0.0583. The molecule has 11 nitrogen and oxygen atoms in total. The molecule has 1 rings (SSSR count). The van der Waals surface area contributed by atoms with Gasteiger partial charge in [0.1, 0.15) is 24.2 Å². The Bertz CT molecular complexity index is 1170. The van der Waals surface area contributed by atoms with Crippen LogP contribution in [0, 0.1) is 18.3 Å². The standard InChI is InChI=1S/C34H47NO10/c1-3-5-6-9-12-15-26(36)16-13-10-7-8-11-14-17-28(34(44,33(42)43)24-30(37)38)31(39)35-29(32(40)41)23-25-18-20-27(21-19-25)45-22-4-2/h2,14,17-21,28-29,44H,3,5-13,15-16,22-24H2,1H3,(H,35,39)(H,37,38)(H,40,41)(H,42,43)/b17-14+/t28-,29+,34+/m1/s1. The zero-order chi connectivity index (χ0) is 33.7. The van der Waals surface area contributed by atoms with E-state index >= 15 is 0 Å². The van der Waals surface area contributed by atoms with Crippen molar-refractivity contribution in [1.29, 1.82) is 0 Å². The summed E-state index contributed by atoms with van der Waals surface area (Å²) >= 11 is 0. The SMILES string of the molecule is C#CCOc1ccc(C[C@H](NC(=O)[C@@H](/C=C/CCCCCCC(=O)CCCCCCC)[C@@](O)(CC(=O)O)C(=O)O)C(=O)O)cc1. The lowest BCUT2D eigenvalue weighted by atomic mass is 9.82. The molecule has 0 heterocycles. The molecule has 0 unspecified atom stereocenters. The molecule has 0 aliphatic carbocycles. The molecule has 45 heavy (non-hydrogen) atoms. The molecule has 0 aromatic heterocycles. The molecule has 0 saturated heterocycles. The van der Waals surface area contributed by atoms with E-state index in [0.29, 0.717) is 37.0 Å². The number of Topliss-reactive ketones (excluding diaryl/α,β-unsaturated/α-hetero) is 1. The first-order valence-corrected chi connectivity index (χ1v) is 15.5. The Morgan fingerprint density at radius 3 is 2.07 bits per heavy atom. The van der Waals surface area contributed by atoms with Crippen molar-refractivity contribution in [3.63, 3.8) is 0 Å². The molecule has 0 fully saturated rings. The monoisotopic (exact) mass is 629 g/mol. The molecule has 1 aromatic carbocycles. The summed E-state index contributed by atoms with van der Waals surface area (Å²) in [4.78, 5) is 60.7. The number of hydrogen-bond acceptors (Lipinski definition) is 7. The largest absolute Gasteiger partial charge is 0.481 e. The summed E-state index contributed by atoms with van der Waals surface area (Å²) in [5.74, 6) is -4.98. The van der Waals surface area contributed by atoms with Crippen LogP contribution in [0.15, 0.2) is 36.4 Å². The molecule has 0 saturated carbocycles. The van der Waals surface area contributed by atoms with Gasteiger partial charge in [0, 0.05) is 19.3 Å². The number of carbonyl (C=O) groups excluding carboxylic acids is 2. The number of aliphatic hydroxyl groups is 1. The molecule has 11 heteroatoms. The lowest BCUT2D eigenvalue weighted by Crippen LogP contribution is -2.55. The number of ketones is 1. The van der Waals surface area contributed by atoms with Crippen LogP contribution in [0.4, 0.5) is 0 Å². The van der Waals surface area contributed by atoms with Gasteiger partial charge in [-0.1, -0.05) is 75.7 Å². The lowest BCUT2D eigenvalue weighted by molar-refractivity contribution is -0.172. The average molecular weight is 630 g/mol. The van der Waals surface area contributed by atoms with Gasteiger partial charge < -0.3 is 30.5 Å². The molecule has 5 N–H and O–H groups in total. The summed E-state index contributed by atoms with van der Waals surface area (Å²) in [6, 6.07) is 4.79. The Morgan fingerprint density at radius 2 is 1.53 bits per heavy atom. The van der Waals surface area contributed by atoms with Gasteiger partial charge in [0.2, 0.25) is 5.91 Å². The first kappa shape index (κ1) is 38.9. The maximum Gasteiger partial charge on any atom is 0.337 e. The fraction of sp³-hybridized carbons (Fsp3) is 0.559. The number of nitrogens with one attached hydrogen (secondary N) is 1. The minimum Gasteiger partial charge on any atom is -0.481 e. The molecule has 0 bridgehead atoms. The van der Waals surface area contributed by atoms with Crippen LogP contribution in [0.1, 0.15) is 96.0 Å². The van der Waals surface area contributed by atoms with Gasteiger partial charge in [-0.05, 0) is 43.4 Å². The van der Waals surface area contributed by atoms with Crippen LogP contribution in [0.2, 0.25) is 0 Å². The molecule has 1 amide bonds. The van der Waals surface area contributed by atoms with E-state index < -0.39 is 47.8 Å². The van der Waals surface area contributed by atoms with Gasteiger partial charge in [-0.2, -0.15) is 0 Å². The molecular formula is C34H47NO10. The third kappa shape index (κ3) is 15.4. The molecule has 0 spiro atoms. The number of carbonyl (C=O) groups is 5. The second-order valence-corrected chi connectivity index (χ2v) is 11.1. The maximum absolute atomic E-state index is 13.2. The van der Waals surface area contributed by atoms with Crippen molar-refractivity contribution in [3.8, 4) is 18.1 Å². The summed E-state index contributed by atoms with van der Waals surface area (Å²) < 4.78 is 5.28.